The Morgan fingerprint density at radius 1 is 1.75 bits per heavy atom. The SMILES string of the molecule is Cn1cc(CNC(=O)[C@H]2CCCNC2)cn1. The molecule has 0 aromatic carbocycles. The number of aromatic nitrogens is 2. The number of piperidine rings is 1. The summed E-state index contributed by atoms with van der Waals surface area (Å²) in [6, 6.07) is 0. The molecule has 1 amide bonds. The Kier molecular flexibility index (Phi) is 3.56. The Morgan fingerprint density at radius 2 is 2.62 bits per heavy atom. The van der Waals surface area contributed by atoms with Gasteiger partial charge in [-0.05, 0) is 19.4 Å². The summed E-state index contributed by atoms with van der Waals surface area (Å²) < 4.78 is 1.74. The van der Waals surface area contributed by atoms with Crippen LogP contribution in [0.2, 0.25) is 0 Å². The molecule has 2 heterocycles. The van der Waals surface area contributed by atoms with Gasteiger partial charge in [-0.1, -0.05) is 0 Å². The molecule has 5 heteroatoms. The molecule has 0 radical (unpaired) electrons. The zero-order valence-corrected chi connectivity index (χ0v) is 9.57. The number of carbonyl (C=O) groups is 1. The van der Waals surface area contributed by atoms with Gasteiger partial charge in [0, 0.05) is 31.9 Å². The fraction of sp³-hybridized carbons (Fsp3) is 0.636. The Balaban J connectivity index is 1.78. The molecule has 1 saturated heterocycles. The molecule has 1 aliphatic heterocycles. The van der Waals surface area contributed by atoms with Crippen LogP contribution in [0.5, 0.6) is 0 Å². The van der Waals surface area contributed by atoms with E-state index in [1.54, 1.807) is 10.9 Å². The van der Waals surface area contributed by atoms with Gasteiger partial charge in [-0.15, -0.1) is 0 Å². The van der Waals surface area contributed by atoms with Crippen LogP contribution in [0, 0.1) is 5.92 Å². The number of amides is 1. The molecule has 88 valence electrons. The summed E-state index contributed by atoms with van der Waals surface area (Å²) in [6.45, 7) is 2.41. The van der Waals surface area contributed by atoms with E-state index in [1.165, 1.54) is 0 Å². The minimum Gasteiger partial charge on any atom is -0.352 e. The molecule has 5 nitrogen and oxygen atoms in total. The van der Waals surface area contributed by atoms with E-state index in [1.807, 2.05) is 13.2 Å². The van der Waals surface area contributed by atoms with Gasteiger partial charge in [0.15, 0.2) is 0 Å². The number of hydrogen-bond acceptors (Lipinski definition) is 3. The molecule has 0 bridgehead atoms. The Hall–Kier alpha value is -1.36. The van der Waals surface area contributed by atoms with Gasteiger partial charge in [0.25, 0.3) is 0 Å². The lowest BCUT2D eigenvalue weighted by Crippen LogP contribution is -2.40. The van der Waals surface area contributed by atoms with Crippen LogP contribution in [0.25, 0.3) is 0 Å². The lowest BCUT2D eigenvalue weighted by atomic mass is 9.99. The van der Waals surface area contributed by atoms with Crippen molar-refractivity contribution in [2.24, 2.45) is 13.0 Å². The van der Waals surface area contributed by atoms with Gasteiger partial charge >= 0.3 is 0 Å². The summed E-state index contributed by atoms with van der Waals surface area (Å²) in [7, 11) is 1.87. The first-order valence-electron chi connectivity index (χ1n) is 5.71. The summed E-state index contributed by atoms with van der Waals surface area (Å²) in [5, 5.41) is 10.3. The molecule has 0 spiro atoms. The number of rotatable bonds is 3. The highest BCUT2D eigenvalue weighted by atomic mass is 16.1. The number of hydrogen-bond donors (Lipinski definition) is 2. The predicted molar refractivity (Wildman–Crippen MR) is 60.6 cm³/mol. The molecule has 1 fully saturated rings. The van der Waals surface area contributed by atoms with E-state index in [0.29, 0.717) is 6.54 Å². The fourth-order valence-electron chi connectivity index (χ4n) is 1.97. The van der Waals surface area contributed by atoms with Crippen LogP contribution in [0.1, 0.15) is 18.4 Å². The van der Waals surface area contributed by atoms with Crippen LogP contribution in [-0.4, -0.2) is 28.8 Å². The van der Waals surface area contributed by atoms with E-state index >= 15 is 0 Å². The maximum atomic E-state index is 11.8. The third-order valence-electron chi connectivity index (χ3n) is 2.89. The second-order valence-corrected chi connectivity index (χ2v) is 4.28. The predicted octanol–water partition coefficient (Wildman–Crippen LogP) is 0.0359. The van der Waals surface area contributed by atoms with Crippen molar-refractivity contribution in [1.29, 1.82) is 0 Å². The van der Waals surface area contributed by atoms with Crippen molar-refractivity contribution in [2.45, 2.75) is 19.4 Å². The van der Waals surface area contributed by atoms with E-state index in [9.17, 15) is 4.79 Å². The van der Waals surface area contributed by atoms with Crippen LogP contribution in [0.4, 0.5) is 0 Å². The fourth-order valence-corrected chi connectivity index (χ4v) is 1.97. The van der Waals surface area contributed by atoms with Crippen molar-refractivity contribution in [3.8, 4) is 0 Å². The van der Waals surface area contributed by atoms with Gasteiger partial charge in [-0.3, -0.25) is 9.48 Å². The van der Waals surface area contributed by atoms with Gasteiger partial charge in [0.2, 0.25) is 5.91 Å². The van der Waals surface area contributed by atoms with Crippen molar-refractivity contribution in [1.82, 2.24) is 20.4 Å². The first kappa shape index (κ1) is 11.1. The normalized spacial score (nSPS) is 20.7. The average molecular weight is 222 g/mol. The zero-order valence-electron chi connectivity index (χ0n) is 9.57. The van der Waals surface area contributed by atoms with Crippen LogP contribution >= 0.6 is 0 Å². The molecule has 1 aliphatic rings. The molecule has 16 heavy (non-hydrogen) atoms. The first-order valence-corrected chi connectivity index (χ1v) is 5.71. The highest BCUT2D eigenvalue weighted by Gasteiger charge is 2.20. The number of carbonyl (C=O) groups excluding carboxylic acids is 1. The van der Waals surface area contributed by atoms with Gasteiger partial charge < -0.3 is 10.6 Å². The van der Waals surface area contributed by atoms with Gasteiger partial charge in [0.05, 0.1) is 12.1 Å². The summed E-state index contributed by atoms with van der Waals surface area (Å²) in [6.07, 6.45) is 5.77. The molecule has 1 aromatic rings. The Labute approximate surface area is 95.2 Å². The van der Waals surface area contributed by atoms with E-state index in [0.717, 1.165) is 31.5 Å². The van der Waals surface area contributed by atoms with E-state index in [-0.39, 0.29) is 11.8 Å². The molecule has 1 atom stereocenters. The maximum Gasteiger partial charge on any atom is 0.224 e. The molecule has 0 saturated carbocycles. The molecule has 1 aromatic heterocycles. The average Bonchev–Trinajstić information content (AvgIpc) is 2.73. The molecule has 2 N–H and O–H groups in total. The molecular weight excluding hydrogens is 204 g/mol. The largest absolute Gasteiger partial charge is 0.352 e. The smallest absolute Gasteiger partial charge is 0.224 e. The highest BCUT2D eigenvalue weighted by molar-refractivity contribution is 5.78. The number of aryl methyl sites for hydroxylation is 1. The van der Waals surface area contributed by atoms with Crippen molar-refractivity contribution in [2.75, 3.05) is 13.1 Å². The van der Waals surface area contributed by atoms with Crippen molar-refractivity contribution >= 4 is 5.91 Å². The zero-order chi connectivity index (χ0) is 11.4. The standard InChI is InChI=1S/C11H18N4O/c1-15-8-9(6-14-15)5-13-11(16)10-3-2-4-12-7-10/h6,8,10,12H,2-5,7H2,1H3,(H,13,16)/t10-/m0/s1. The molecular formula is C11H18N4O. The van der Waals surface area contributed by atoms with E-state index in [4.69, 9.17) is 0 Å². The minimum atomic E-state index is 0.130. The minimum absolute atomic E-state index is 0.130. The second-order valence-electron chi connectivity index (χ2n) is 4.28. The lowest BCUT2D eigenvalue weighted by Gasteiger charge is -2.21. The summed E-state index contributed by atoms with van der Waals surface area (Å²) in [5.74, 6) is 0.279. The molecule has 0 unspecified atom stereocenters. The third-order valence-corrected chi connectivity index (χ3v) is 2.89. The van der Waals surface area contributed by atoms with Crippen LogP contribution < -0.4 is 10.6 Å². The van der Waals surface area contributed by atoms with E-state index < -0.39 is 0 Å². The van der Waals surface area contributed by atoms with Crippen molar-refractivity contribution in [3.05, 3.63) is 18.0 Å². The Bertz CT molecular complexity index is 355. The lowest BCUT2D eigenvalue weighted by molar-refractivity contribution is -0.125. The number of nitrogens with zero attached hydrogens (tertiary/aromatic N) is 2. The monoisotopic (exact) mass is 222 g/mol. The van der Waals surface area contributed by atoms with E-state index in [2.05, 4.69) is 15.7 Å². The topological polar surface area (TPSA) is 59.0 Å². The summed E-state index contributed by atoms with van der Waals surface area (Å²) in [4.78, 5) is 11.8. The highest BCUT2D eigenvalue weighted by Crippen LogP contribution is 2.09. The van der Waals surface area contributed by atoms with Gasteiger partial charge in [-0.25, -0.2) is 0 Å². The summed E-state index contributed by atoms with van der Waals surface area (Å²) >= 11 is 0. The van der Waals surface area contributed by atoms with Crippen molar-refractivity contribution in [3.63, 3.8) is 0 Å². The Morgan fingerprint density at radius 3 is 3.25 bits per heavy atom. The summed E-state index contributed by atoms with van der Waals surface area (Å²) in [5.41, 5.74) is 1.04. The quantitative estimate of drug-likeness (QED) is 0.759. The third kappa shape index (κ3) is 2.82. The maximum absolute atomic E-state index is 11.8. The number of nitrogens with one attached hydrogen (secondary N) is 2. The second kappa shape index (κ2) is 5.12. The molecule has 0 aliphatic carbocycles. The van der Waals surface area contributed by atoms with Gasteiger partial charge in [0.1, 0.15) is 0 Å². The van der Waals surface area contributed by atoms with Crippen LogP contribution in [0.15, 0.2) is 12.4 Å². The van der Waals surface area contributed by atoms with Gasteiger partial charge in [-0.2, -0.15) is 5.10 Å². The van der Waals surface area contributed by atoms with Crippen LogP contribution in [-0.2, 0) is 18.4 Å². The molecule has 2 rings (SSSR count). The van der Waals surface area contributed by atoms with Crippen LogP contribution in [0.3, 0.4) is 0 Å². The van der Waals surface area contributed by atoms with Crippen molar-refractivity contribution < 1.29 is 4.79 Å². The first-order chi connectivity index (χ1) is 7.75.